The molecule has 0 aliphatic carbocycles. The van der Waals surface area contributed by atoms with Gasteiger partial charge < -0.3 is 26.1 Å². The lowest BCUT2D eigenvalue weighted by atomic mass is 10.1. The van der Waals surface area contributed by atoms with Crippen molar-refractivity contribution >= 4 is 29.5 Å². The van der Waals surface area contributed by atoms with Gasteiger partial charge in [-0.15, -0.1) is 0 Å². The Labute approximate surface area is 205 Å². The zero-order valence-electron chi connectivity index (χ0n) is 20.4. The molecule has 0 bridgehead atoms. The van der Waals surface area contributed by atoms with Gasteiger partial charge >= 0.3 is 0 Å². The van der Waals surface area contributed by atoms with E-state index in [0.29, 0.717) is 24.0 Å². The number of nitrogens with two attached hydrogens (primary N) is 1. The average Bonchev–Trinajstić information content (AvgIpc) is 3.39. The number of hydrogen-bond donors (Lipinski definition) is 3. The molecule has 1 aromatic heterocycles. The molecule has 0 radical (unpaired) electrons. The molecule has 3 rings (SSSR count). The Kier molecular flexibility index (Phi) is 9.37. The van der Waals surface area contributed by atoms with Crippen molar-refractivity contribution in [3.05, 3.63) is 65.3 Å². The summed E-state index contributed by atoms with van der Waals surface area (Å²) < 4.78 is 1.58. The first-order chi connectivity index (χ1) is 16.9. The number of rotatable bonds is 11. The Bertz CT molecular complexity index is 1130. The van der Waals surface area contributed by atoms with Gasteiger partial charge in [0.1, 0.15) is 17.5 Å². The van der Waals surface area contributed by atoms with Gasteiger partial charge in [0.15, 0.2) is 0 Å². The molecular formula is C26H34N6O3. The van der Waals surface area contributed by atoms with Crippen LogP contribution in [0.15, 0.2) is 53.7 Å². The third-order valence-electron chi connectivity index (χ3n) is 6.04. The van der Waals surface area contributed by atoms with E-state index in [4.69, 9.17) is 5.73 Å². The fourth-order valence-electron chi connectivity index (χ4n) is 4.11. The first kappa shape index (κ1) is 25.9. The summed E-state index contributed by atoms with van der Waals surface area (Å²) in [5.41, 5.74) is 8.68. The number of aldehydes is 1. The van der Waals surface area contributed by atoms with Gasteiger partial charge in [0.05, 0.1) is 5.56 Å². The second kappa shape index (κ2) is 12.7. The van der Waals surface area contributed by atoms with Crippen LogP contribution in [0.5, 0.6) is 0 Å². The number of amides is 2. The van der Waals surface area contributed by atoms with Gasteiger partial charge in [-0.1, -0.05) is 12.1 Å². The fraction of sp³-hybridized carbons (Fsp3) is 0.385. The first-order valence-corrected chi connectivity index (χ1v) is 11.9. The molecule has 2 heterocycles. The molecule has 1 saturated heterocycles. The molecule has 1 aliphatic rings. The highest BCUT2D eigenvalue weighted by Crippen LogP contribution is 2.15. The molecule has 0 spiro atoms. The minimum atomic E-state index is -0.581. The standard InChI is InChI=1S/C26H34N6O3/c1-28-25-22(8-6-15-32(25)23(24(27)34)17-20-7-5-13-29-20)26(35)30-18-19-9-11-21(12-10-19)31(2)14-3-4-16-33/h6,8-12,15-17,20,29H,3-5,7,13-14,18H2,1-2H3,(H2,27,34)(H,30,35)/b23-17+,28-25-/t20-/m0/s1. The van der Waals surface area contributed by atoms with E-state index in [9.17, 15) is 14.4 Å². The highest BCUT2D eigenvalue weighted by atomic mass is 16.2. The van der Waals surface area contributed by atoms with Crippen LogP contribution in [0.1, 0.15) is 41.6 Å². The van der Waals surface area contributed by atoms with Crippen LogP contribution in [0.3, 0.4) is 0 Å². The highest BCUT2D eigenvalue weighted by Gasteiger charge is 2.18. The van der Waals surface area contributed by atoms with Crippen LogP contribution in [0.25, 0.3) is 5.70 Å². The zero-order chi connectivity index (χ0) is 25.2. The highest BCUT2D eigenvalue weighted by molar-refractivity contribution is 6.12. The second-order valence-corrected chi connectivity index (χ2v) is 8.54. The molecule has 0 unspecified atom stereocenters. The summed E-state index contributed by atoms with van der Waals surface area (Å²) in [6.07, 6.45) is 7.74. The number of primary amides is 1. The maximum atomic E-state index is 13.0. The number of unbranched alkanes of at least 4 members (excludes halogenated alkanes) is 1. The lowest BCUT2D eigenvalue weighted by Gasteiger charge is -2.19. The molecule has 9 heteroatoms. The number of aromatic nitrogens is 1. The Morgan fingerprint density at radius 3 is 2.69 bits per heavy atom. The topological polar surface area (TPSA) is 122 Å². The van der Waals surface area contributed by atoms with Gasteiger partial charge in [-0.05, 0) is 61.7 Å². The minimum Gasteiger partial charge on any atom is -0.375 e. The SMILES string of the molecule is C/N=c1/c(C(=O)NCc2ccc(N(C)CCCC=O)cc2)cccn1/C(=C/[C@@H]1CCCN1)C(N)=O. The molecular weight excluding hydrogens is 444 g/mol. The van der Waals surface area contributed by atoms with E-state index in [0.717, 1.165) is 49.9 Å². The summed E-state index contributed by atoms with van der Waals surface area (Å²) in [5.74, 6) is -0.875. The summed E-state index contributed by atoms with van der Waals surface area (Å²) in [5, 5.41) is 6.26. The lowest BCUT2D eigenvalue weighted by molar-refractivity contribution is -0.113. The molecule has 0 saturated carbocycles. The number of nitrogens with one attached hydrogen (secondary N) is 2. The van der Waals surface area contributed by atoms with Crippen molar-refractivity contribution in [3.63, 3.8) is 0 Å². The third kappa shape index (κ3) is 6.89. The lowest BCUT2D eigenvalue weighted by Crippen LogP contribution is -2.36. The fourth-order valence-corrected chi connectivity index (χ4v) is 4.11. The van der Waals surface area contributed by atoms with Gasteiger partial charge in [0, 0.05) is 51.5 Å². The zero-order valence-corrected chi connectivity index (χ0v) is 20.4. The van der Waals surface area contributed by atoms with Crippen molar-refractivity contribution in [3.8, 4) is 0 Å². The van der Waals surface area contributed by atoms with Gasteiger partial charge in [0.2, 0.25) is 0 Å². The number of carbonyl (C=O) groups is 3. The van der Waals surface area contributed by atoms with E-state index >= 15 is 0 Å². The van der Waals surface area contributed by atoms with Crippen molar-refractivity contribution in [2.24, 2.45) is 10.7 Å². The van der Waals surface area contributed by atoms with Crippen molar-refractivity contribution in [2.75, 3.05) is 32.1 Å². The number of pyridine rings is 1. The average molecular weight is 479 g/mol. The Hall–Kier alpha value is -3.72. The van der Waals surface area contributed by atoms with Crippen LogP contribution >= 0.6 is 0 Å². The van der Waals surface area contributed by atoms with Crippen LogP contribution in [-0.4, -0.2) is 55.9 Å². The molecule has 186 valence electrons. The smallest absolute Gasteiger partial charge is 0.265 e. The van der Waals surface area contributed by atoms with Crippen LogP contribution in [0.4, 0.5) is 5.69 Å². The van der Waals surface area contributed by atoms with Gasteiger partial charge in [-0.25, -0.2) is 0 Å². The molecule has 1 fully saturated rings. The Morgan fingerprint density at radius 1 is 1.29 bits per heavy atom. The van der Waals surface area contributed by atoms with E-state index in [1.807, 2.05) is 37.4 Å². The first-order valence-electron chi connectivity index (χ1n) is 11.9. The largest absolute Gasteiger partial charge is 0.375 e. The molecule has 35 heavy (non-hydrogen) atoms. The van der Waals surface area contributed by atoms with Crippen molar-refractivity contribution in [1.29, 1.82) is 0 Å². The van der Waals surface area contributed by atoms with E-state index in [1.165, 1.54) is 0 Å². The van der Waals surface area contributed by atoms with Crippen molar-refractivity contribution in [2.45, 2.75) is 38.3 Å². The number of nitrogens with zero attached hydrogens (tertiary/aromatic N) is 3. The number of benzene rings is 1. The van der Waals surface area contributed by atoms with Crippen LogP contribution in [0, 0.1) is 0 Å². The summed E-state index contributed by atoms with van der Waals surface area (Å²) in [4.78, 5) is 42.2. The monoisotopic (exact) mass is 478 g/mol. The molecule has 1 aliphatic heterocycles. The Morgan fingerprint density at radius 2 is 2.06 bits per heavy atom. The predicted molar refractivity (Wildman–Crippen MR) is 137 cm³/mol. The molecule has 2 aromatic rings. The van der Waals surface area contributed by atoms with Gasteiger partial charge in [-0.3, -0.25) is 19.1 Å². The molecule has 1 aromatic carbocycles. The maximum Gasteiger partial charge on any atom is 0.265 e. The predicted octanol–water partition coefficient (Wildman–Crippen LogP) is 1.44. The molecule has 4 N–H and O–H groups in total. The van der Waals surface area contributed by atoms with Gasteiger partial charge in [-0.2, -0.15) is 0 Å². The quantitative estimate of drug-likeness (QED) is 0.256. The van der Waals surface area contributed by atoms with Gasteiger partial charge in [0.25, 0.3) is 11.8 Å². The maximum absolute atomic E-state index is 13.0. The number of anilines is 1. The summed E-state index contributed by atoms with van der Waals surface area (Å²) in [6.45, 7) is 2.03. The summed E-state index contributed by atoms with van der Waals surface area (Å²) >= 11 is 0. The van der Waals surface area contributed by atoms with Crippen LogP contribution in [-0.2, 0) is 16.1 Å². The Balaban J connectivity index is 1.73. The third-order valence-corrected chi connectivity index (χ3v) is 6.04. The molecule has 2 amide bonds. The normalized spacial score (nSPS) is 16.2. The van der Waals surface area contributed by atoms with Crippen molar-refractivity contribution in [1.82, 2.24) is 15.2 Å². The molecule has 1 atom stereocenters. The number of hydrogen-bond acceptors (Lipinski definition) is 6. The van der Waals surface area contributed by atoms with E-state index in [2.05, 4.69) is 20.5 Å². The summed E-state index contributed by atoms with van der Waals surface area (Å²) in [6, 6.07) is 11.4. The molecule has 9 nitrogen and oxygen atoms in total. The van der Waals surface area contributed by atoms with E-state index in [-0.39, 0.29) is 17.6 Å². The van der Waals surface area contributed by atoms with Crippen LogP contribution < -0.4 is 26.8 Å². The number of carbonyl (C=O) groups excluding carboxylic acids is 3. The second-order valence-electron chi connectivity index (χ2n) is 8.54. The van der Waals surface area contributed by atoms with E-state index < -0.39 is 5.91 Å². The van der Waals surface area contributed by atoms with Crippen LogP contribution in [0.2, 0.25) is 0 Å². The van der Waals surface area contributed by atoms with Crippen molar-refractivity contribution < 1.29 is 14.4 Å². The summed E-state index contributed by atoms with van der Waals surface area (Å²) in [7, 11) is 3.57. The minimum absolute atomic E-state index is 0.0548. The van der Waals surface area contributed by atoms with E-state index in [1.54, 1.807) is 29.9 Å².